The van der Waals surface area contributed by atoms with E-state index in [1.54, 1.807) is 0 Å². The van der Waals surface area contributed by atoms with Crippen molar-refractivity contribution in [2.75, 3.05) is 6.54 Å². The molecule has 0 aliphatic heterocycles. The van der Waals surface area contributed by atoms with Gasteiger partial charge in [-0.3, -0.25) is 4.79 Å². The highest BCUT2D eigenvalue weighted by Gasteiger charge is 2.21. The van der Waals surface area contributed by atoms with E-state index in [9.17, 15) is 4.79 Å². The second kappa shape index (κ2) is 7.35. The number of carbonyl (C=O) groups is 1. The first-order valence-corrected chi connectivity index (χ1v) is 8.53. The van der Waals surface area contributed by atoms with Gasteiger partial charge in [0.2, 0.25) is 5.91 Å². The number of benzene rings is 2. The molecule has 1 heterocycles. The van der Waals surface area contributed by atoms with Crippen molar-refractivity contribution in [1.29, 1.82) is 0 Å². The lowest BCUT2D eigenvalue weighted by Crippen LogP contribution is -2.28. The van der Waals surface area contributed by atoms with Gasteiger partial charge in [0.25, 0.3) is 0 Å². The molecular weight excluding hydrogens is 296 g/mol. The smallest absolute Gasteiger partial charge is 0.220 e. The van der Waals surface area contributed by atoms with E-state index >= 15 is 0 Å². The molecule has 1 amide bonds. The minimum atomic E-state index is 0.0505. The number of para-hydroxylation sites is 1. The Kier molecular flexibility index (Phi) is 4.99. The van der Waals surface area contributed by atoms with Crippen LogP contribution < -0.4 is 5.32 Å². The topological polar surface area (TPSA) is 44.9 Å². The molecule has 1 atom stereocenters. The van der Waals surface area contributed by atoms with E-state index < -0.39 is 0 Å². The lowest BCUT2D eigenvalue weighted by atomic mass is 9.88. The van der Waals surface area contributed by atoms with E-state index in [0.717, 1.165) is 5.52 Å². The van der Waals surface area contributed by atoms with Gasteiger partial charge >= 0.3 is 0 Å². The van der Waals surface area contributed by atoms with E-state index in [-0.39, 0.29) is 11.8 Å². The fraction of sp³-hybridized carbons (Fsp3) is 0.286. The summed E-state index contributed by atoms with van der Waals surface area (Å²) < 4.78 is 0. The van der Waals surface area contributed by atoms with Gasteiger partial charge in [-0.25, -0.2) is 0 Å². The van der Waals surface area contributed by atoms with E-state index in [1.165, 1.54) is 16.5 Å². The number of aromatic amines is 1. The largest absolute Gasteiger partial charge is 0.361 e. The maximum atomic E-state index is 12.4. The van der Waals surface area contributed by atoms with Crippen molar-refractivity contribution in [1.82, 2.24) is 10.3 Å². The number of amides is 1. The lowest BCUT2D eigenvalue weighted by molar-refractivity contribution is -0.121. The third-order valence-electron chi connectivity index (χ3n) is 4.30. The monoisotopic (exact) mass is 320 g/mol. The number of hydrogen-bond donors (Lipinski definition) is 2. The van der Waals surface area contributed by atoms with Gasteiger partial charge in [-0.1, -0.05) is 62.4 Å². The fourth-order valence-electron chi connectivity index (χ4n) is 3.05. The minimum Gasteiger partial charge on any atom is -0.361 e. The van der Waals surface area contributed by atoms with Crippen LogP contribution >= 0.6 is 0 Å². The Bertz CT molecular complexity index is 805. The van der Waals surface area contributed by atoms with Gasteiger partial charge in [-0.05, 0) is 23.1 Å². The van der Waals surface area contributed by atoms with E-state index in [1.807, 2.05) is 36.5 Å². The number of rotatable bonds is 6. The number of hydrogen-bond acceptors (Lipinski definition) is 1. The molecule has 0 aliphatic rings. The highest BCUT2D eigenvalue weighted by atomic mass is 16.1. The molecule has 0 saturated heterocycles. The molecular formula is C21H24N2O. The predicted molar refractivity (Wildman–Crippen MR) is 99.0 cm³/mol. The standard InChI is InChI=1S/C21H24N2O/c1-15(2)13-23-21(24)12-18(16-8-4-3-5-9-16)19-14-22-20-11-7-6-10-17(19)20/h3-11,14-15,18,22H,12-13H2,1-2H3,(H,23,24). The van der Waals surface area contributed by atoms with Gasteiger partial charge in [0.15, 0.2) is 0 Å². The molecule has 3 aromatic rings. The molecule has 124 valence electrons. The van der Waals surface area contributed by atoms with Crippen LogP contribution in [0, 0.1) is 5.92 Å². The minimum absolute atomic E-state index is 0.0505. The van der Waals surface area contributed by atoms with Crippen LogP contribution in [-0.4, -0.2) is 17.4 Å². The number of fused-ring (bicyclic) bond motifs is 1. The van der Waals surface area contributed by atoms with Gasteiger partial charge in [-0.2, -0.15) is 0 Å². The van der Waals surface area contributed by atoms with Crippen LogP contribution in [-0.2, 0) is 4.79 Å². The SMILES string of the molecule is CC(C)CNC(=O)CC(c1ccccc1)c1c[nH]c2ccccc12. The van der Waals surface area contributed by atoms with Crippen LogP contribution in [0.1, 0.15) is 37.3 Å². The zero-order valence-electron chi connectivity index (χ0n) is 14.3. The number of nitrogens with one attached hydrogen (secondary N) is 2. The van der Waals surface area contributed by atoms with Crippen LogP contribution in [0.5, 0.6) is 0 Å². The number of carbonyl (C=O) groups excluding carboxylic acids is 1. The molecule has 2 aromatic carbocycles. The zero-order valence-corrected chi connectivity index (χ0v) is 14.3. The van der Waals surface area contributed by atoms with Gasteiger partial charge < -0.3 is 10.3 Å². The Hall–Kier alpha value is -2.55. The van der Waals surface area contributed by atoms with E-state index in [2.05, 4.69) is 48.4 Å². The van der Waals surface area contributed by atoms with Crippen LogP contribution in [0.15, 0.2) is 60.8 Å². The normalized spacial score (nSPS) is 12.5. The van der Waals surface area contributed by atoms with Crippen molar-refractivity contribution < 1.29 is 4.79 Å². The van der Waals surface area contributed by atoms with Crippen molar-refractivity contribution in [2.24, 2.45) is 5.92 Å². The summed E-state index contributed by atoms with van der Waals surface area (Å²) in [7, 11) is 0. The molecule has 1 aromatic heterocycles. The fourth-order valence-corrected chi connectivity index (χ4v) is 3.05. The lowest BCUT2D eigenvalue weighted by Gasteiger charge is -2.17. The third kappa shape index (κ3) is 3.67. The Morgan fingerprint density at radius 1 is 1.04 bits per heavy atom. The second-order valence-electron chi connectivity index (χ2n) is 6.65. The van der Waals surface area contributed by atoms with Crippen molar-refractivity contribution in [2.45, 2.75) is 26.2 Å². The van der Waals surface area contributed by atoms with Gasteiger partial charge in [0, 0.05) is 36.0 Å². The molecule has 3 rings (SSSR count). The maximum Gasteiger partial charge on any atom is 0.220 e. The van der Waals surface area contributed by atoms with Crippen molar-refractivity contribution in [3.8, 4) is 0 Å². The Morgan fingerprint density at radius 2 is 1.75 bits per heavy atom. The summed E-state index contributed by atoms with van der Waals surface area (Å²) in [5.41, 5.74) is 3.45. The quantitative estimate of drug-likeness (QED) is 0.692. The molecule has 0 spiro atoms. The second-order valence-corrected chi connectivity index (χ2v) is 6.65. The molecule has 0 saturated carbocycles. The third-order valence-corrected chi connectivity index (χ3v) is 4.30. The number of H-pyrrole nitrogens is 1. The molecule has 3 nitrogen and oxygen atoms in total. The summed E-state index contributed by atoms with van der Waals surface area (Å²) in [6, 6.07) is 18.5. The average Bonchev–Trinajstić information content (AvgIpc) is 3.02. The molecule has 0 fully saturated rings. The summed E-state index contributed by atoms with van der Waals surface area (Å²) in [4.78, 5) is 15.8. The first kappa shape index (κ1) is 16.3. The Morgan fingerprint density at radius 3 is 2.50 bits per heavy atom. The van der Waals surface area contributed by atoms with Crippen LogP contribution in [0.3, 0.4) is 0 Å². The van der Waals surface area contributed by atoms with Crippen LogP contribution in [0.25, 0.3) is 10.9 Å². The molecule has 24 heavy (non-hydrogen) atoms. The van der Waals surface area contributed by atoms with Crippen molar-refractivity contribution in [3.63, 3.8) is 0 Å². The number of aromatic nitrogens is 1. The van der Waals surface area contributed by atoms with Crippen molar-refractivity contribution in [3.05, 3.63) is 71.9 Å². The maximum absolute atomic E-state index is 12.4. The summed E-state index contributed by atoms with van der Waals surface area (Å²) in [5.74, 6) is 0.606. The highest BCUT2D eigenvalue weighted by molar-refractivity contribution is 5.86. The zero-order chi connectivity index (χ0) is 16.9. The van der Waals surface area contributed by atoms with Gasteiger partial charge in [-0.15, -0.1) is 0 Å². The first-order chi connectivity index (χ1) is 11.6. The van der Waals surface area contributed by atoms with Gasteiger partial charge in [0.1, 0.15) is 0 Å². The van der Waals surface area contributed by atoms with Crippen molar-refractivity contribution >= 4 is 16.8 Å². The summed E-state index contributed by atoms with van der Waals surface area (Å²) in [6.45, 7) is 4.93. The van der Waals surface area contributed by atoms with E-state index in [0.29, 0.717) is 18.9 Å². The average molecular weight is 320 g/mol. The van der Waals surface area contributed by atoms with Crippen LogP contribution in [0.4, 0.5) is 0 Å². The summed E-state index contributed by atoms with van der Waals surface area (Å²) >= 11 is 0. The molecule has 2 N–H and O–H groups in total. The Labute approximate surface area is 143 Å². The molecule has 1 unspecified atom stereocenters. The Balaban J connectivity index is 1.92. The molecule has 3 heteroatoms. The predicted octanol–water partition coefficient (Wildman–Crippen LogP) is 4.46. The van der Waals surface area contributed by atoms with Crippen LogP contribution in [0.2, 0.25) is 0 Å². The first-order valence-electron chi connectivity index (χ1n) is 8.53. The van der Waals surface area contributed by atoms with E-state index in [4.69, 9.17) is 0 Å². The highest BCUT2D eigenvalue weighted by Crippen LogP contribution is 2.33. The van der Waals surface area contributed by atoms with Gasteiger partial charge in [0.05, 0.1) is 0 Å². The molecule has 0 radical (unpaired) electrons. The molecule has 0 aliphatic carbocycles. The summed E-state index contributed by atoms with van der Waals surface area (Å²) in [5, 5.41) is 4.23. The summed E-state index contributed by atoms with van der Waals surface area (Å²) in [6.07, 6.45) is 2.50. The molecule has 0 bridgehead atoms.